The molecule has 1 atom stereocenters. The number of hydrogen-bond donors (Lipinski definition) is 1. The minimum Gasteiger partial charge on any atom is -0.458 e. The van der Waals surface area contributed by atoms with Crippen LogP contribution in [0.2, 0.25) is 10.3 Å². The van der Waals surface area contributed by atoms with E-state index >= 15 is 0 Å². The lowest BCUT2D eigenvalue weighted by Gasteiger charge is -2.22. The van der Waals surface area contributed by atoms with E-state index in [-0.39, 0.29) is 15.9 Å². The maximum Gasteiger partial charge on any atom is 0.328 e. The van der Waals surface area contributed by atoms with Gasteiger partial charge in [0.05, 0.1) is 0 Å². The predicted molar refractivity (Wildman–Crippen MR) is 77.0 cm³/mol. The quantitative estimate of drug-likeness (QED) is 0.687. The minimum absolute atomic E-state index is 0.104. The van der Waals surface area contributed by atoms with Crippen molar-refractivity contribution in [1.82, 2.24) is 10.3 Å². The average Bonchev–Trinajstić information content (AvgIpc) is 2.25. The summed E-state index contributed by atoms with van der Waals surface area (Å²) in [6, 6.07) is 1.95. The van der Waals surface area contributed by atoms with Crippen molar-refractivity contribution in [1.29, 1.82) is 0 Å². The number of carbonyl (C=O) groups excluding carboxylic acids is 2. The van der Waals surface area contributed by atoms with Crippen molar-refractivity contribution >= 4 is 35.1 Å². The third-order valence-corrected chi connectivity index (χ3v) is 2.52. The molecule has 0 saturated heterocycles. The van der Waals surface area contributed by atoms with E-state index < -0.39 is 23.5 Å². The highest BCUT2D eigenvalue weighted by atomic mass is 35.5. The van der Waals surface area contributed by atoms with Crippen molar-refractivity contribution < 1.29 is 14.3 Å². The minimum atomic E-state index is -0.785. The number of esters is 1. The highest BCUT2D eigenvalue weighted by molar-refractivity contribution is 6.33. The molecule has 1 aromatic rings. The maximum atomic E-state index is 12.0. The van der Waals surface area contributed by atoms with Gasteiger partial charge in [-0.05, 0) is 39.8 Å². The Kier molecular flexibility index (Phi) is 5.36. The first-order chi connectivity index (χ1) is 9.08. The predicted octanol–water partition coefficient (Wildman–Crippen LogP) is 2.85. The summed E-state index contributed by atoms with van der Waals surface area (Å²) in [6.07, 6.45) is 0. The number of rotatable bonds is 3. The molecule has 7 heteroatoms. The van der Waals surface area contributed by atoms with Crippen molar-refractivity contribution in [2.45, 2.75) is 39.3 Å². The van der Waals surface area contributed by atoms with Crippen molar-refractivity contribution in [2.75, 3.05) is 0 Å². The summed E-state index contributed by atoms with van der Waals surface area (Å²) in [5.41, 5.74) is -0.385. The van der Waals surface area contributed by atoms with Gasteiger partial charge in [0.15, 0.2) is 0 Å². The fraction of sp³-hybridized carbons (Fsp3) is 0.462. The van der Waals surface area contributed by atoms with Gasteiger partial charge in [-0.15, -0.1) is 0 Å². The number of ether oxygens (including phenoxy) is 1. The van der Waals surface area contributed by atoms with E-state index in [2.05, 4.69) is 10.3 Å². The zero-order chi connectivity index (χ0) is 15.5. The molecule has 0 aromatic carbocycles. The maximum absolute atomic E-state index is 12.0. The van der Waals surface area contributed by atoms with E-state index in [4.69, 9.17) is 27.9 Å². The molecule has 110 valence electrons. The highest BCUT2D eigenvalue weighted by Crippen LogP contribution is 2.15. The third kappa shape index (κ3) is 5.35. The average molecular weight is 319 g/mol. The number of aromatic nitrogens is 1. The van der Waals surface area contributed by atoms with Gasteiger partial charge in [-0.1, -0.05) is 23.2 Å². The Morgan fingerprint density at radius 1 is 1.25 bits per heavy atom. The van der Waals surface area contributed by atoms with Crippen LogP contribution in [0.3, 0.4) is 0 Å². The summed E-state index contributed by atoms with van der Waals surface area (Å²) in [7, 11) is 0. The molecule has 1 N–H and O–H groups in total. The first-order valence-corrected chi connectivity index (χ1v) is 6.71. The van der Waals surface area contributed by atoms with Crippen LogP contribution in [-0.4, -0.2) is 28.5 Å². The van der Waals surface area contributed by atoms with Gasteiger partial charge in [-0.3, -0.25) is 4.79 Å². The van der Waals surface area contributed by atoms with Crippen molar-refractivity contribution in [3.8, 4) is 0 Å². The number of pyridine rings is 1. The van der Waals surface area contributed by atoms with Crippen LogP contribution in [0, 0.1) is 0 Å². The van der Waals surface area contributed by atoms with Crippen molar-refractivity contribution in [2.24, 2.45) is 0 Å². The monoisotopic (exact) mass is 318 g/mol. The second kappa shape index (κ2) is 6.41. The van der Waals surface area contributed by atoms with Gasteiger partial charge >= 0.3 is 5.97 Å². The first-order valence-electron chi connectivity index (χ1n) is 5.95. The molecule has 0 spiro atoms. The second-order valence-corrected chi connectivity index (χ2v) is 6.00. The standard InChI is InChI=1S/C13H16Cl2N2O3/c1-7(12(19)20-13(2,3)4)16-11(18)8-5-9(14)17-10(15)6-8/h5-7H,1-4H3,(H,16,18)/t7-/m1/s1. The number of hydrogen-bond acceptors (Lipinski definition) is 4. The molecule has 0 fully saturated rings. The largest absolute Gasteiger partial charge is 0.458 e. The van der Waals surface area contributed by atoms with Crippen molar-refractivity contribution in [3.05, 3.63) is 28.0 Å². The normalized spacial score (nSPS) is 12.7. The smallest absolute Gasteiger partial charge is 0.328 e. The summed E-state index contributed by atoms with van der Waals surface area (Å²) in [4.78, 5) is 27.5. The summed E-state index contributed by atoms with van der Waals surface area (Å²) in [5, 5.41) is 2.72. The molecule has 0 saturated carbocycles. The molecular formula is C13H16Cl2N2O3. The fourth-order valence-corrected chi connectivity index (χ4v) is 1.79. The summed E-state index contributed by atoms with van der Waals surface area (Å²) in [5.74, 6) is -0.994. The molecule has 0 aliphatic rings. The van der Waals surface area contributed by atoms with Crippen LogP contribution in [0.15, 0.2) is 12.1 Å². The molecule has 1 aromatic heterocycles. The topological polar surface area (TPSA) is 68.3 Å². The summed E-state index contributed by atoms with van der Waals surface area (Å²) in [6.45, 7) is 6.79. The van der Waals surface area contributed by atoms with Crippen LogP contribution in [-0.2, 0) is 9.53 Å². The van der Waals surface area contributed by atoms with E-state index in [1.165, 1.54) is 19.1 Å². The van der Waals surface area contributed by atoms with Crippen LogP contribution < -0.4 is 5.32 Å². The van der Waals surface area contributed by atoms with Gasteiger partial charge in [0.1, 0.15) is 21.9 Å². The molecule has 1 heterocycles. The lowest BCUT2D eigenvalue weighted by molar-refractivity contribution is -0.156. The molecule has 0 aliphatic carbocycles. The van der Waals surface area contributed by atoms with Gasteiger partial charge in [-0.25, -0.2) is 9.78 Å². The number of halogens is 2. The number of carbonyl (C=O) groups is 2. The van der Waals surface area contributed by atoms with Gasteiger partial charge in [-0.2, -0.15) is 0 Å². The van der Waals surface area contributed by atoms with E-state index in [1.54, 1.807) is 20.8 Å². The first kappa shape index (κ1) is 16.7. The molecule has 1 rings (SSSR count). The molecule has 20 heavy (non-hydrogen) atoms. The van der Waals surface area contributed by atoms with Crippen LogP contribution >= 0.6 is 23.2 Å². The van der Waals surface area contributed by atoms with Gasteiger partial charge in [0, 0.05) is 5.56 Å². The Bertz CT molecular complexity index is 507. The lowest BCUT2D eigenvalue weighted by Crippen LogP contribution is -2.42. The highest BCUT2D eigenvalue weighted by Gasteiger charge is 2.23. The lowest BCUT2D eigenvalue weighted by atomic mass is 10.2. The fourth-order valence-electron chi connectivity index (χ4n) is 1.33. The Morgan fingerprint density at radius 3 is 2.20 bits per heavy atom. The van der Waals surface area contributed by atoms with E-state index in [0.29, 0.717) is 0 Å². The Labute approximate surface area is 127 Å². The Balaban J connectivity index is 2.72. The van der Waals surface area contributed by atoms with E-state index in [0.717, 1.165) is 0 Å². The Hall–Kier alpha value is -1.33. The van der Waals surface area contributed by atoms with Gasteiger partial charge < -0.3 is 10.1 Å². The SMILES string of the molecule is C[C@@H](NC(=O)c1cc(Cl)nc(Cl)c1)C(=O)OC(C)(C)C. The summed E-state index contributed by atoms with van der Waals surface area (Å²) >= 11 is 11.4. The number of amides is 1. The molecule has 0 radical (unpaired) electrons. The molecule has 5 nitrogen and oxygen atoms in total. The molecule has 0 aliphatic heterocycles. The van der Waals surface area contributed by atoms with Gasteiger partial charge in [0.25, 0.3) is 5.91 Å². The second-order valence-electron chi connectivity index (χ2n) is 5.23. The zero-order valence-corrected chi connectivity index (χ0v) is 13.2. The molecule has 1 amide bonds. The third-order valence-electron chi connectivity index (χ3n) is 2.13. The number of nitrogens with zero attached hydrogens (tertiary/aromatic N) is 1. The molecule has 0 unspecified atom stereocenters. The van der Waals surface area contributed by atoms with Crippen LogP contribution in [0.1, 0.15) is 38.1 Å². The van der Waals surface area contributed by atoms with Crippen LogP contribution in [0.25, 0.3) is 0 Å². The molecule has 0 bridgehead atoms. The molecular weight excluding hydrogens is 303 g/mol. The zero-order valence-electron chi connectivity index (χ0n) is 11.7. The summed E-state index contributed by atoms with van der Waals surface area (Å²) < 4.78 is 5.17. The number of nitrogens with one attached hydrogen (secondary N) is 1. The van der Waals surface area contributed by atoms with Crippen LogP contribution in [0.5, 0.6) is 0 Å². The Morgan fingerprint density at radius 2 is 1.75 bits per heavy atom. The van der Waals surface area contributed by atoms with Crippen LogP contribution in [0.4, 0.5) is 0 Å². The van der Waals surface area contributed by atoms with E-state index in [9.17, 15) is 9.59 Å². The van der Waals surface area contributed by atoms with Crippen molar-refractivity contribution in [3.63, 3.8) is 0 Å². The van der Waals surface area contributed by atoms with Gasteiger partial charge in [0.2, 0.25) is 0 Å². The van der Waals surface area contributed by atoms with E-state index in [1.807, 2.05) is 0 Å².